The van der Waals surface area contributed by atoms with Crippen LogP contribution in [0.2, 0.25) is 0 Å². The van der Waals surface area contributed by atoms with Crippen molar-refractivity contribution in [2.24, 2.45) is 0 Å². The van der Waals surface area contributed by atoms with E-state index in [-0.39, 0.29) is 36.0 Å². The highest BCUT2D eigenvalue weighted by molar-refractivity contribution is 7.91. The van der Waals surface area contributed by atoms with Crippen molar-refractivity contribution < 1.29 is 17.9 Å². The first kappa shape index (κ1) is 20.5. The van der Waals surface area contributed by atoms with Gasteiger partial charge in [-0.05, 0) is 43.2 Å². The molecule has 7 heteroatoms. The number of hydrogen-bond acceptors (Lipinski definition) is 5. The van der Waals surface area contributed by atoms with Crippen LogP contribution in [0.1, 0.15) is 56.9 Å². The molecule has 2 aliphatic heterocycles. The normalized spacial score (nSPS) is 26.3. The van der Waals surface area contributed by atoms with Crippen LogP contribution in [0.4, 0.5) is 5.69 Å². The fourth-order valence-corrected chi connectivity index (χ4v) is 7.05. The van der Waals surface area contributed by atoms with Gasteiger partial charge in [-0.15, -0.1) is 0 Å². The van der Waals surface area contributed by atoms with Crippen LogP contribution in [0.25, 0.3) is 0 Å². The van der Waals surface area contributed by atoms with Gasteiger partial charge in [-0.2, -0.15) is 0 Å². The molecule has 2 heterocycles. The van der Waals surface area contributed by atoms with Crippen LogP contribution in [0.3, 0.4) is 0 Å². The van der Waals surface area contributed by atoms with Crippen molar-refractivity contribution in [3.8, 4) is 5.75 Å². The van der Waals surface area contributed by atoms with E-state index in [1.165, 1.54) is 5.56 Å². The smallest absolute Gasteiger partial charge is 0.242 e. The predicted octanol–water partition coefficient (Wildman–Crippen LogP) is 2.97. The van der Waals surface area contributed by atoms with E-state index in [1.807, 2.05) is 17.0 Å². The number of fused-ring (bicyclic) bond motifs is 1. The summed E-state index contributed by atoms with van der Waals surface area (Å²) in [5, 5.41) is 0. The lowest BCUT2D eigenvalue weighted by atomic mass is 9.91. The number of ether oxygens (including phenoxy) is 1. The summed E-state index contributed by atoms with van der Waals surface area (Å²) in [5.74, 6) is 1.61. The van der Waals surface area contributed by atoms with Crippen molar-refractivity contribution in [1.29, 1.82) is 0 Å². The highest BCUT2D eigenvalue weighted by Crippen LogP contribution is 2.41. The van der Waals surface area contributed by atoms with Gasteiger partial charge in [-0.1, -0.05) is 31.9 Å². The average Bonchev–Trinajstić information content (AvgIpc) is 3.34. The zero-order valence-corrected chi connectivity index (χ0v) is 18.3. The Morgan fingerprint density at radius 3 is 2.59 bits per heavy atom. The van der Waals surface area contributed by atoms with Crippen molar-refractivity contribution in [2.75, 3.05) is 36.6 Å². The van der Waals surface area contributed by atoms with Crippen LogP contribution in [-0.2, 0) is 14.6 Å². The van der Waals surface area contributed by atoms with Gasteiger partial charge in [0.1, 0.15) is 5.75 Å². The molecule has 0 aromatic heterocycles. The van der Waals surface area contributed by atoms with E-state index >= 15 is 0 Å². The molecule has 1 aromatic rings. The molecule has 1 aliphatic carbocycles. The lowest BCUT2D eigenvalue weighted by Gasteiger charge is -2.39. The van der Waals surface area contributed by atoms with Crippen LogP contribution >= 0.6 is 0 Å². The summed E-state index contributed by atoms with van der Waals surface area (Å²) in [6.45, 7) is 3.31. The Bertz CT molecular complexity index is 864. The Balaban J connectivity index is 1.59. The summed E-state index contributed by atoms with van der Waals surface area (Å²) in [6, 6.07) is 6.09. The van der Waals surface area contributed by atoms with Crippen molar-refractivity contribution in [3.05, 3.63) is 23.8 Å². The molecule has 1 saturated carbocycles. The second-order valence-corrected chi connectivity index (χ2v) is 11.0. The maximum Gasteiger partial charge on any atom is 0.242 e. The maximum atomic E-state index is 13.5. The fraction of sp³-hybridized carbons (Fsp3) is 0.682. The molecule has 0 bridgehead atoms. The Hall–Kier alpha value is -1.76. The second-order valence-electron chi connectivity index (χ2n) is 8.81. The molecule has 0 spiro atoms. The summed E-state index contributed by atoms with van der Waals surface area (Å²) in [6.07, 6.45) is 5.77. The molecule has 1 amide bonds. The summed E-state index contributed by atoms with van der Waals surface area (Å²) in [7, 11) is -1.36. The van der Waals surface area contributed by atoms with Gasteiger partial charge in [0.2, 0.25) is 5.91 Å². The van der Waals surface area contributed by atoms with Crippen molar-refractivity contribution >= 4 is 21.4 Å². The average molecular weight is 421 g/mol. The molecule has 160 valence electrons. The van der Waals surface area contributed by atoms with E-state index in [2.05, 4.69) is 17.9 Å². The molecular formula is C22H32N2O4S. The van der Waals surface area contributed by atoms with E-state index < -0.39 is 9.84 Å². The Kier molecular flexibility index (Phi) is 5.78. The van der Waals surface area contributed by atoms with Crippen molar-refractivity contribution in [1.82, 2.24) is 4.90 Å². The molecular weight excluding hydrogens is 388 g/mol. The molecule has 2 fully saturated rings. The van der Waals surface area contributed by atoms with Gasteiger partial charge in [0.25, 0.3) is 0 Å². The first-order chi connectivity index (χ1) is 13.9. The van der Waals surface area contributed by atoms with Gasteiger partial charge in [-0.25, -0.2) is 8.42 Å². The minimum Gasteiger partial charge on any atom is -0.495 e. The van der Waals surface area contributed by atoms with Crippen LogP contribution in [0.5, 0.6) is 5.75 Å². The van der Waals surface area contributed by atoms with Gasteiger partial charge in [-0.3, -0.25) is 4.79 Å². The van der Waals surface area contributed by atoms with E-state index in [1.54, 1.807) is 7.11 Å². The lowest BCUT2D eigenvalue weighted by molar-refractivity contribution is -0.134. The second kappa shape index (κ2) is 8.17. The quantitative estimate of drug-likeness (QED) is 0.733. The summed E-state index contributed by atoms with van der Waals surface area (Å²) in [4.78, 5) is 17.6. The Labute approximate surface area is 174 Å². The molecule has 0 radical (unpaired) electrons. The van der Waals surface area contributed by atoms with Crippen LogP contribution in [0.15, 0.2) is 18.2 Å². The minimum atomic E-state index is -3.03. The number of para-hydroxylation sites is 1. The van der Waals surface area contributed by atoms with Crippen molar-refractivity contribution in [3.63, 3.8) is 0 Å². The van der Waals surface area contributed by atoms with Gasteiger partial charge in [0.05, 0.1) is 30.8 Å². The molecule has 1 saturated heterocycles. The molecule has 3 aliphatic rings. The number of sulfone groups is 1. The number of rotatable bonds is 5. The molecule has 2 atom stereocenters. The van der Waals surface area contributed by atoms with Gasteiger partial charge in [0.15, 0.2) is 9.84 Å². The standard InChI is InChI=1S/C22H32N2O4S/c1-16-10-12-23(22-19(16)8-5-9-20(22)28-2)14-21(25)24(17-6-3-4-7-17)18-11-13-29(26,27)15-18/h5,8-9,16-18H,3-4,6-7,10-15H2,1-2H3/t16-,18-/m0/s1. The number of hydrogen-bond donors (Lipinski definition) is 0. The first-order valence-corrected chi connectivity index (χ1v) is 12.6. The number of anilines is 1. The zero-order chi connectivity index (χ0) is 20.6. The fourth-order valence-electron chi connectivity index (χ4n) is 5.34. The molecule has 6 nitrogen and oxygen atoms in total. The van der Waals surface area contributed by atoms with Gasteiger partial charge < -0.3 is 14.5 Å². The van der Waals surface area contributed by atoms with E-state index in [9.17, 15) is 13.2 Å². The highest BCUT2D eigenvalue weighted by Gasteiger charge is 2.40. The molecule has 29 heavy (non-hydrogen) atoms. The summed E-state index contributed by atoms with van der Waals surface area (Å²) < 4.78 is 29.8. The van der Waals surface area contributed by atoms with Gasteiger partial charge in [0, 0.05) is 18.6 Å². The molecule has 1 aromatic carbocycles. The first-order valence-electron chi connectivity index (χ1n) is 10.8. The van der Waals surface area contributed by atoms with Crippen molar-refractivity contribution in [2.45, 2.75) is 63.5 Å². The number of nitrogens with zero attached hydrogens (tertiary/aromatic N) is 2. The van der Waals surface area contributed by atoms with Crippen LogP contribution in [0, 0.1) is 0 Å². The van der Waals surface area contributed by atoms with E-state index in [0.717, 1.165) is 50.1 Å². The SMILES string of the molecule is COc1cccc2c1N(CC(=O)N(C1CCCC1)[C@H]1CCS(=O)(=O)C1)CC[C@@H]2C. The maximum absolute atomic E-state index is 13.5. The topological polar surface area (TPSA) is 66.9 Å². The number of carbonyl (C=O) groups excluding carboxylic acids is 1. The summed E-state index contributed by atoms with van der Waals surface area (Å²) >= 11 is 0. The Morgan fingerprint density at radius 2 is 1.93 bits per heavy atom. The van der Waals surface area contributed by atoms with E-state index in [4.69, 9.17) is 4.74 Å². The monoisotopic (exact) mass is 420 g/mol. The molecule has 0 unspecified atom stereocenters. The Morgan fingerprint density at radius 1 is 1.17 bits per heavy atom. The van der Waals surface area contributed by atoms with Crippen LogP contribution < -0.4 is 9.64 Å². The largest absolute Gasteiger partial charge is 0.495 e. The third-order valence-corrected chi connectivity index (χ3v) is 8.61. The van der Waals surface area contributed by atoms with Gasteiger partial charge >= 0.3 is 0 Å². The predicted molar refractivity (Wildman–Crippen MR) is 114 cm³/mol. The summed E-state index contributed by atoms with van der Waals surface area (Å²) in [5.41, 5.74) is 2.24. The number of benzene rings is 1. The van der Waals surface area contributed by atoms with E-state index in [0.29, 0.717) is 12.3 Å². The minimum absolute atomic E-state index is 0.0606. The van der Waals surface area contributed by atoms with Crippen LogP contribution in [-0.4, -0.2) is 63.0 Å². The zero-order valence-electron chi connectivity index (χ0n) is 17.5. The number of amides is 1. The lowest BCUT2D eigenvalue weighted by Crippen LogP contribution is -2.51. The highest BCUT2D eigenvalue weighted by atomic mass is 32.2. The molecule has 0 N–H and O–H groups in total. The number of methoxy groups -OCH3 is 1. The number of carbonyl (C=O) groups is 1. The molecule has 4 rings (SSSR count). The third-order valence-electron chi connectivity index (χ3n) is 6.86. The third kappa shape index (κ3) is 4.11.